The van der Waals surface area contributed by atoms with Gasteiger partial charge in [0, 0.05) is 50.7 Å². The van der Waals surface area contributed by atoms with E-state index >= 15 is 0 Å². The maximum absolute atomic E-state index is 13.7. The SMILES string of the molecule is CNC(=O)c1cc(N2CCC(C(=O)C3OCC[C@H]3c3cc(F)cc(F)c3)CC2)ncn1. The number of hydrogen-bond donors (Lipinski definition) is 1. The summed E-state index contributed by atoms with van der Waals surface area (Å²) in [5.41, 5.74) is 0.753. The Bertz CT molecular complexity index is 959. The highest BCUT2D eigenvalue weighted by Gasteiger charge is 2.39. The molecule has 3 heterocycles. The fourth-order valence-corrected chi connectivity index (χ4v) is 4.40. The van der Waals surface area contributed by atoms with Crippen molar-refractivity contribution in [1.29, 1.82) is 0 Å². The largest absolute Gasteiger partial charge is 0.370 e. The van der Waals surface area contributed by atoms with Crippen molar-refractivity contribution in [3.8, 4) is 0 Å². The second kappa shape index (κ2) is 9.05. The molecule has 2 aromatic rings. The number of carbonyl (C=O) groups is 2. The summed E-state index contributed by atoms with van der Waals surface area (Å²) in [6.07, 6.45) is 2.45. The van der Waals surface area contributed by atoms with Crippen molar-refractivity contribution in [3.05, 3.63) is 53.5 Å². The van der Waals surface area contributed by atoms with Gasteiger partial charge in [-0.15, -0.1) is 0 Å². The first kappa shape index (κ1) is 21.3. The molecule has 1 aromatic carbocycles. The minimum absolute atomic E-state index is 0.0134. The van der Waals surface area contributed by atoms with Gasteiger partial charge in [0.15, 0.2) is 5.78 Å². The van der Waals surface area contributed by atoms with Gasteiger partial charge in [-0.25, -0.2) is 18.7 Å². The molecule has 2 saturated heterocycles. The summed E-state index contributed by atoms with van der Waals surface area (Å²) >= 11 is 0. The van der Waals surface area contributed by atoms with Crippen LogP contribution < -0.4 is 10.2 Å². The molecule has 31 heavy (non-hydrogen) atoms. The summed E-state index contributed by atoms with van der Waals surface area (Å²) in [5, 5.41) is 2.54. The van der Waals surface area contributed by atoms with Gasteiger partial charge in [0.2, 0.25) is 0 Å². The maximum atomic E-state index is 13.7. The minimum Gasteiger partial charge on any atom is -0.370 e. The Balaban J connectivity index is 1.41. The highest BCUT2D eigenvalue weighted by molar-refractivity contribution is 5.92. The lowest BCUT2D eigenvalue weighted by Gasteiger charge is -2.33. The molecule has 2 aliphatic rings. The van der Waals surface area contributed by atoms with Crippen molar-refractivity contribution < 1.29 is 23.1 Å². The molecule has 4 rings (SSSR count). The quantitative estimate of drug-likeness (QED) is 0.785. The van der Waals surface area contributed by atoms with E-state index in [0.717, 1.165) is 6.07 Å². The van der Waals surface area contributed by atoms with Gasteiger partial charge < -0.3 is 15.0 Å². The topological polar surface area (TPSA) is 84.4 Å². The van der Waals surface area contributed by atoms with E-state index in [1.165, 1.54) is 25.5 Å². The lowest BCUT2D eigenvalue weighted by molar-refractivity contribution is -0.133. The van der Waals surface area contributed by atoms with Crippen LogP contribution in [0.3, 0.4) is 0 Å². The molecule has 0 radical (unpaired) electrons. The number of nitrogens with zero attached hydrogens (tertiary/aromatic N) is 3. The van der Waals surface area contributed by atoms with E-state index in [1.807, 2.05) is 4.90 Å². The lowest BCUT2D eigenvalue weighted by atomic mass is 9.83. The van der Waals surface area contributed by atoms with Gasteiger partial charge in [0.1, 0.15) is 35.6 Å². The van der Waals surface area contributed by atoms with Crippen molar-refractivity contribution in [3.63, 3.8) is 0 Å². The van der Waals surface area contributed by atoms with E-state index in [1.54, 1.807) is 6.07 Å². The van der Waals surface area contributed by atoms with Crippen LogP contribution in [0.1, 0.15) is 41.2 Å². The van der Waals surface area contributed by atoms with Gasteiger partial charge in [-0.3, -0.25) is 9.59 Å². The van der Waals surface area contributed by atoms with Crippen LogP contribution >= 0.6 is 0 Å². The van der Waals surface area contributed by atoms with Crippen LogP contribution in [0.2, 0.25) is 0 Å². The molecule has 164 valence electrons. The van der Waals surface area contributed by atoms with Crippen LogP contribution in [0.25, 0.3) is 0 Å². The van der Waals surface area contributed by atoms with Crippen molar-refractivity contribution in [2.45, 2.75) is 31.3 Å². The number of Topliss-reactive ketones (excluding diaryl/α,β-unsaturated/α-hetero) is 1. The Labute approximate surface area is 178 Å². The van der Waals surface area contributed by atoms with Gasteiger partial charge in [-0.2, -0.15) is 0 Å². The average molecular weight is 430 g/mol. The van der Waals surface area contributed by atoms with Gasteiger partial charge >= 0.3 is 0 Å². The monoisotopic (exact) mass is 430 g/mol. The van der Waals surface area contributed by atoms with Crippen LogP contribution in [-0.4, -0.2) is 54.5 Å². The molecule has 1 amide bonds. The van der Waals surface area contributed by atoms with Crippen LogP contribution in [0.15, 0.2) is 30.6 Å². The second-order valence-corrected chi connectivity index (χ2v) is 7.89. The number of nitrogens with one attached hydrogen (secondary N) is 1. The van der Waals surface area contributed by atoms with E-state index in [4.69, 9.17) is 4.74 Å². The molecule has 0 spiro atoms. The fourth-order valence-electron chi connectivity index (χ4n) is 4.40. The average Bonchev–Trinajstić information content (AvgIpc) is 3.27. The summed E-state index contributed by atoms with van der Waals surface area (Å²) < 4.78 is 33.0. The van der Waals surface area contributed by atoms with E-state index in [9.17, 15) is 18.4 Å². The van der Waals surface area contributed by atoms with E-state index in [-0.39, 0.29) is 29.2 Å². The third-order valence-corrected chi connectivity index (χ3v) is 6.02. The zero-order chi connectivity index (χ0) is 22.0. The number of aromatic nitrogens is 2. The molecule has 1 N–H and O–H groups in total. The number of halogens is 2. The number of benzene rings is 1. The lowest BCUT2D eigenvalue weighted by Crippen LogP contribution is -2.41. The predicted octanol–water partition coefficient (Wildman–Crippen LogP) is 2.47. The number of ketones is 1. The molecular formula is C22H24F2N4O3. The Morgan fingerprint density at radius 1 is 1.06 bits per heavy atom. The molecule has 2 atom stereocenters. The summed E-state index contributed by atoms with van der Waals surface area (Å²) in [5.74, 6) is -1.49. The molecule has 0 saturated carbocycles. The predicted molar refractivity (Wildman–Crippen MR) is 109 cm³/mol. The molecule has 1 aromatic heterocycles. The Morgan fingerprint density at radius 2 is 1.77 bits per heavy atom. The first-order valence-electron chi connectivity index (χ1n) is 10.4. The van der Waals surface area contributed by atoms with Gasteiger partial charge in [-0.05, 0) is 37.0 Å². The molecule has 0 bridgehead atoms. The van der Waals surface area contributed by atoms with Gasteiger partial charge in [0.05, 0.1) is 0 Å². The first-order chi connectivity index (χ1) is 15.0. The summed E-state index contributed by atoms with van der Waals surface area (Å²) in [4.78, 5) is 35.2. The number of rotatable bonds is 5. The highest BCUT2D eigenvalue weighted by Crippen LogP contribution is 2.36. The molecule has 0 aliphatic carbocycles. The van der Waals surface area contributed by atoms with Crippen molar-refractivity contribution >= 4 is 17.5 Å². The van der Waals surface area contributed by atoms with Gasteiger partial charge in [0.25, 0.3) is 5.91 Å². The van der Waals surface area contributed by atoms with Crippen LogP contribution in [0.5, 0.6) is 0 Å². The van der Waals surface area contributed by atoms with Gasteiger partial charge in [-0.1, -0.05) is 0 Å². The minimum atomic E-state index is -0.684. The fraction of sp³-hybridized carbons (Fsp3) is 0.455. The zero-order valence-electron chi connectivity index (χ0n) is 17.2. The molecule has 2 fully saturated rings. The Morgan fingerprint density at radius 3 is 2.45 bits per heavy atom. The van der Waals surface area contributed by atoms with E-state index in [2.05, 4.69) is 15.3 Å². The normalized spacial score (nSPS) is 21.8. The number of piperidine rings is 1. The Kier molecular flexibility index (Phi) is 6.22. The smallest absolute Gasteiger partial charge is 0.269 e. The summed E-state index contributed by atoms with van der Waals surface area (Å²) in [7, 11) is 1.54. The number of amides is 1. The molecule has 2 aliphatic heterocycles. The van der Waals surface area contributed by atoms with Crippen LogP contribution in [0, 0.1) is 17.6 Å². The maximum Gasteiger partial charge on any atom is 0.269 e. The third-order valence-electron chi connectivity index (χ3n) is 6.02. The highest BCUT2D eigenvalue weighted by atomic mass is 19.1. The van der Waals surface area contributed by atoms with E-state index < -0.39 is 17.7 Å². The number of ether oxygens (including phenoxy) is 1. The second-order valence-electron chi connectivity index (χ2n) is 7.89. The third kappa shape index (κ3) is 4.56. The number of anilines is 1. The van der Waals surface area contributed by atoms with Crippen LogP contribution in [-0.2, 0) is 9.53 Å². The molecule has 1 unspecified atom stereocenters. The molecule has 7 nitrogen and oxygen atoms in total. The van der Waals surface area contributed by atoms with Crippen molar-refractivity contribution in [2.75, 3.05) is 31.6 Å². The Hall–Kier alpha value is -2.94. The van der Waals surface area contributed by atoms with Crippen LogP contribution in [0.4, 0.5) is 14.6 Å². The first-order valence-corrected chi connectivity index (χ1v) is 10.4. The summed E-state index contributed by atoms with van der Waals surface area (Å²) in [6, 6.07) is 5.03. The molecule has 9 heteroatoms. The zero-order valence-corrected chi connectivity index (χ0v) is 17.2. The molecular weight excluding hydrogens is 406 g/mol. The van der Waals surface area contributed by atoms with Crippen molar-refractivity contribution in [2.24, 2.45) is 5.92 Å². The number of carbonyl (C=O) groups excluding carboxylic acids is 2. The number of hydrogen-bond acceptors (Lipinski definition) is 6. The van der Waals surface area contributed by atoms with E-state index in [0.29, 0.717) is 50.3 Å². The standard InChI is InChI=1S/C22H24F2N4O3/c1-25-22(30)18-11-19(27-12-26-18)28-5-2-13(3-6-28)20(29)21-17(4-7-31-21)14-8-15(23)10-16(24)9-14/h8-13,17,21H,2-7H2,1H3,(H,25,30)/t17-,21?/m0/s1. The summed E-state index contributed by atoms with van der Waals surface area (Å²) in [6.45, 7) is 1.60. The van der Waals surface area contributed by atoms with Crippen molar-refractivity contribution in [1.82, 2.24) is 15.3 Å².